The van der Waals surface area contributed by atoms with Crippen molar-refractivity contribution in [1.29, 1.82) is 0 Å². The fourth-order valence-electron chi connectivity index (χ4n) is 3.68. The van der Waals surface area contributed by atoms with Crippen LogP contribution in [0.2, 0.25) is 5.02 Å². The van der Waals surface area contributed by atoms with Crippen LogP contribution in [-0.2, 0) is 4.74 Å². The van der Waals surface area contributed by atoms with E-state index in [0.717, 1.165) is 25.3 Å². The molecule has 1 fully saturated rings. The summed E-state index contributed by atoms with van der Waals surface area (Å²) in [6, 6.07) is 5.11. The first-order valence-corrected chi connectivity index (χ1v) is 11.1. The van der Waals surface area contributed by atoms with Gasteiger partial charge in [0, 0.05) is 0 Å². The van der Waals surface area contributed by atoms with E-state index in [9.17, 15) is 26.3 Å². The second kappa shape index (κ2) is 11.4. The minimum absolute atomic E-state index is 0.123. The van der Waals surface area contributed by atoms with Gasteiger partial charge in [-0.05, 0) is 60.6 Å². The molecular formula is C24H23ClF6O3. The number of hydrogen-bond donors (Lipinski definition) is 0. The van der Waals surface area contributed by atoms with E-state index in [1.807, 2.05) is 0 Å². The van der Waals surface area contributed by atoms with E-state index in [4.69, 9.17) is 21.1 Å². The van der Waals surface area contributed by atoms with Crippen LogP contribution in [0.25, 0.3) is 11.1 Å². The molecule has 34 heavy (non-hydrogen) atoms. The minimum Gasteiger partial charge on any atom is -0.431 e. The Bertz CT molecular complexity index is 977. The molecule has 2 atom stereocenters. The minimum atomic E-state index is -3.53. The van der Waals surface area contributed by atoms with Crippen molar-refractivity contribution >= 4 is 11.6 Å². The zero-order valence-corrected chi connectivity index (χ0v) is 19.0. The van der Waals surface area contributed by atoms with Crippen LogP contribution in [0.5, 0.6) is 11.5 Å². The molecule has 1 aliphatic rings. The Kier molecular flexibility index (Phi) is 8.76. The van der Waals surface area contributed by atoms with Crippen LogP contribution in [0, 0.1) is 11.7 Å². The molecule has 0 N–H and O–H groups in total. The highest BCUT2D eigenvalue weighted by Crippen LogP contribution is 2.37. The third kappa shape index (κ3) is 6.60. The molecule has 0 aliphatic carbocycles. The molecule has 2 unspecified atom stereocenters. The van der Waals surface area contributed by atoms with Crippen LogP contribution in [0.15, 0.2) is 48.5 Å². The Morgan fingerprint density at radius 3 is 2.35 bits per heavy atom. The van der Waals surface area contributed by atoms with Gasteiger partial charge in [-0.15, -0.1) is 0 Å². The quantitative estimate of drug-likeness (QED) is 0.251. The first-order valence-electron chi connectivity index (χ1n) is 10.8. The lowest BCUT2D eigenvalue weighted by molar-refractivity contribution is -0.265. The molecule has 1 heterocycles. The van der Waals surface area contributed by atoms with Gasteiger partial charge in [-0.1, -0.05) is 43.5 Å². The third-order valence-corrected chi connectivity index (χ3v) is 5.77. The predicted octanol–water partition coefficient (Wildman–Crippen LogP) is 8.52. The van der Waals surface area contributed by atoms with Crippen LogP contribution in [0.3, 0.4) is 0 Å². The van der Waals surface area contributed by atoms with Crippen molar-refractivity contribution in [2.75, 3.05) is 6.61 Å². The number of benzene rings is 2. The van der Waals surface area contributed by atoms with Gasteiger partial charge in [-0.3, -0.25) is 0 Å². The first-order chi connectivity index (χ1) is 16.1. The number of halogens is 7. The number of ether oxygens (including phenoxy) is 3. The van der Waals surface area contributed by atoms with E-state index < -0.39 is 40.9 Å². The normalized spacial score (nSPS) is 18.5. The summed E-state index contributed by atoms with van der Waals surface area (Å²) in [5, 5.41) is -0.454. The lowest BCUT2D eigenvalue weighted by Gasteiger charge is -2.33. The molecule has 1 aliphatic heterocycles. The number of alkyl halides is 2. The highest BCUT2D eigenvalue weighted by Gasteiger charge is 2.45. The van der Waals surface area contributed by atoms with Crippen molar-refractivity contribution in [3.63, 3.8) is 0 Å². The lowest BCUT2D eigenvalue weighted by atomic mass is 9.93. The number of rotatable bonds is 9. The van der Waals surface area contributed by atoms with Crippen LogP contribution >= 0.6 is 11.6 Å². The Hall–Kier alpha value is -2.39. The van der Waals surface area contributed by atoms with E-state index in [1.54, 1.807) is 0 Å². The summed E-state index contributed by atoms with van der Waals surface area (Å²) in [7, 11) is 0. The molecule has 0 bridgehead atoms. The molecule has 0 aromatic heterocycles. The van der Waals surface area contributed by atoms with E-state index in [0.29, 0.717) is 12.0 Å². The predicted molar refractivity (Wildman–Crippen MR) is 115 cm³/mol. The Balaban J connectivity index is 1.66. The highest BCUT2D eigenvalue weighted by molar-refractivity contribution is 6.32. The molecule has 10 heteroatoms. The highest BCUT2D eigenvalue weighted by atomic mass is 35.5. The van der Waals surface area contributed by atoms with Crippen molar-refractivity contribution in [2.45, 2.75) is 51.2 Å². The van der Waals surface area contributed by atoms with Crippen molar-refractivity contribution in [3.05, 3.63) is 59.3 Å². The lowest BCUT2D eigenvalue weighted by Crippen LogP contribution is -2.44. The smallest absolute Gasteiger partial charge is 0.424 e. The van der Waals surface area contributed by atoms with Gasteiger partial charge in [-0.2, -0.15) is 22.0 Å². The monoisotopic (exact) mass is 508 g/mol. The van der Waals surface area contributed by atoms with Crippen molar-refractivity contribution in [3.8, 4) is 22.6 Å². The molecule has 2 aromatic carbocycles. The average molecular weight is 509 g/mol. The Morgan fingerprint density at radius 2 is 1.79 bits per heavy atom. The summed E-state index contributed by atoms with van der Waals surface area (Å²) in [5.41, 5.74) is 0.551. The molecular weight excluding hydrogens is 486 g/mol. The summed E-state index contributed by atoms with van der Waals surface area (Å²) in [6.45, 7) is 2.34. The van der Waals surface area contributed by atoms with Gasteiger partial charge in [0.05, 0.1) is 11.6 Å². The van der Waals surface area contributed by atoms with Gasteiger partial charge < -0.3 is 14.2 Å². The van der Waals surface area contributed by atoms with E-state index in [-0.39, 0.29) is 30.3 Å². The molecule has 2 aromatic rings. The topological polar surface area (TPSA) is 27.7 Å². The van der Waals surface area contributed by atoms with Gasteiger partial charge in [-0.25, -0.2) is 4.39 Å². The van der Waals surface area contributed by atoms with Crippen molar-refractivity contribution in [1.82, 2.24) is 0 Å². The molecule has 0 spiro atoms. The molecule has 3 nitrogen and oxygen atoms in total. The summed E-state index contributed by atoms with van der Waals surface area (Å²) in [4.78, 5) is 0. The van der Waals surface area contributed by atoms with Gasteiger partial charge in [0.15, 0.2) is 17.7 Å². The largest absolute Gasteiger partial charge is 0.431 e. The maximum absolute atomic E-state index is 14.6. The van der Waals surface area contributed by atoms with Crippen LogP contribution in [0.4, 0.5) is 26.3 Å². The van der Waals surface area contributed by atoms with Crippen molar-refractivity contribution in [2.24, 2.45) is 5.92 Å². The maximum Gasteiger partial charge on any atom is 0.424 e. The average Bonchev–Trinajstić information content (AvgIpc) is 2.80. The summed E-state index contributed by atoms with van der Waals surface area (Å²) in [6.07, 6.45) is -3.79. The zero-order chi connectivity index (χ0) is 24.9. The molecule has 0 amide bonds. The SMILES string of the molecule is CCCCC1CCC(C(F)(F)Oc2ccc(-c3cc(F)c(OC(F)=C(F)F)c(Cl)c3)cc2)OC1. The van der Waals surface area contributed by atoms with Gasteiger partial charge in [0.1, 0.15) is 5.75 Å². The summed E-state index contributed by atoms with van der Waals surface area (Å²) >= 11 is 5.84. The molecule has 1 saturated heterocycles. The van der Waals surface area contributed by atoms with Crippen LogP contribution in [0.1, 0.15) is 39.0 Å². The van der Waals surface area contributed by atoms with E-state index in [2.05, 4.69) is 11.7 Å². The summed E-state index contributed by atoms with van der Waals surface area (Å²) in [5.74, 6) is -1.93. The molecule has 186 valence electrons. The third-order valence-electron chi connectivity index (χ3n) is 5.49. The van der Waals surface area contributed by atoms with Crippen LogP contribution in [-0.4, -0.2) is 18.8 Å². The fourth-order valence-corrected chi connectivity index (χ4v) is 3.93. The zero-order valence-electron chi connectivity index (χ0n) is 18.2. The summed E-state index contributed by atoms with van der Waals surface area (Å²) < 4.78 is 95.2. The fraction of sp³-hybridized carbons (Fsp3) is 0.417. The van der Waals surface area contributed by atoms with Gasteiger partial charge in [0.2, 0.25) is 0 Å². The Labute approximate surface area is 198 Å². The van der Waals surface area contributed by atoms with Gasteiger partial charge >= 0.3 is 18.2 Å². The van der Waals surface area contributed by atoms with E-state index >= 15 is 0 Å². The Morgan fingerprint density at radius 1 is 1.09 bits per heavy atom. The standard InChI is InChI=1S/C24H23ClF6O3/c1-2-3-4-14-5-10-20(32-13-14)24(30,31)34-17-8-6-15(7-9-17)16-11-18(25)21(19(26)12-16)33-23(29)22(27)28/h6-9,11-12,14,20H,2-5,10,13H2,1H3. The molecule has 3 rings (SSSR count). The first kappa shape index (κ1) is 26.2. The van der Waals surface area contributed by atoms with E-state index in [1.165, 1.54) is 30.3 Å². The van der Waals surface area contributed by atoms with Gasteiger partial charge in [0.25, 0.3) is 0 Å². The maximum atomic E-state index is 14.6. The number of hydrogen-bond acceptors (Lipinski definition) is 3. The second-order valence-electron chi connectivity index (χ2n) is 8.00. The molecule has 0 saturated carbocycles. The number of unbranched alkanes of at least 4 members (excludes halogenated alkanes) is 1. The van der Waals surface area contributed by atoms with Crippen molar-refractivity contribution < 1.29 is 40.6 Å². The van der Waals surface area contributed by atoms with Crippen LogP contribution < -0.4 is 9.47 Å². The second-order valence-corrected chi connectivity index (χ2v) is 8.41. The molecule has 0 radical (unpaired) electrons.